The summed E-state index contributed by atoms with van der Waals surface area (Å²) in [6.45, 7) is 8.76. The lowest BCUT2D eigenvalue weighted by Gasteiger charge is -2.11. The first-order chi connectivity index (χ1) is 6.83. The maximum absolute atomic E-state index is 5.73. The second kappa shape index (κ2) is 12.7. The fraction of sp³-hybridized carbons (Fsp3) is 0.667. The van der Waals surface area contributed by atoms with Gasteiger partial charge in [0.15, 0.2) is 0 Å². The predicted molar refractivity (Wildman–Crippen MR) is 67.6 cm³/mol. The van der Waals surface area contributed by atoms with Crippen LogP contribution in [0.25, 0.3) is 0 Å². The standard InChI is InChI=1S/C8H12ClN.2C2H6/c9-8-3-1-7(2-4-8)5-6-10;2*1-2/h1,3-4,7H,2,5-6,10H2;2*1-2H3. The van der Waals surface area contributed by atoms with Crippen LogP contribution >= 0.6 is 11.6 Å². The lowest BCUT2D eigenvalue weighted by molar-refractivity contribution is 0.603. The van der Waals surface area contributed by atoms with Crippen molar-refractivity contribution in [2.24, 2.45) is 11.7 Å². The molecule has 0 aliphatic heterocycles. The molecule has 0 fully saturated rings. The highest BCUT2D eigenvalue weighted by Gasteiger charge is 2.05. The average molecular weight is 218 g/mol. The summed E-state index contributed by atoms with van der Waals surface area (Å²) in [4.78, 5) is 0. The third-order valence-corrected chi connectivity index (χ3v) is 1.96. The molecule has 0 aromatic carbocycles. The van der Waals surface area contributed by atoms with Crippen molar-refractivity contribution in [3.8, 4) is 0 Å². The number of hydrogen-bond donors (Lipinski definition) is 1. The predicted octanol–water partition coefficient (Wildman–Crippen LogP) is 4.09. The molecule has 84 valence electrons. The molecule has 1 rings (SSSR count). The van der Waals surface area contributed by atoms with E-state index in [1.807, 2.05) is 39.8 Å². The molecule has 0 spiro atoms. The van der Waals surface area contributed by atoms with Gasteiger partial charge in [-0.15, -0.1) is 0 Å². The Morgan fingerprint density at radius 1 is 1.36 bits per heavy atom. The van der Waals surface area contributed by atoms with Crippen LogP contribution in [0, 0.1) is 5.92 Å². The molecule has 14 heavy (non-hydrogen) atoms. The number of nitrogens with two attached hydrogens (primary N) is 1. The van der Waals surface area contributed by atoms with E-state index in [9.17, 15) is 0 Å². The quantitative estimate of drug-likeness (QED) is 0.741. The summed E-state index contributed by atoms with van der Waals surface area (Å²) in [6.07, 6.45) is 8.24. The Kier molecular flexibility index (Phi) is 14.7. The summed E-state index contributed by atoms with van der Waals surface area (Å²) in [5.74, 6) is 0.618. The van der Waals surface area contributed by atoms with Crippen LogP contribution in [-0.4, -0.2) is 6.54 Å². The first kappa shape index (κ1) is 16.2. The van der Waals surface area contributed by atoms with Crippen molar-refractivity contribution in [1.82, 2.24) is 0 Å². The molecule has 0 aromatic rings. The van der Waals surface area contributed by atoms with Crippen molar-refractivity contribution in [2.45, 2.75) is 40.5 Å². The van der Waals surface area contributed by atoms with Gasteiger partial charge in [-0.25, -0.2) is 0 Å². The van der Waals surface area contributed by atoms with Crippen molar-refractivity contribution in [2.75, 3.05) is 6.54 Å². The Morgan fingerprint density at radius 2 is 1.93 bits per heavy atom. The maximum atomic E-state index is 5.73. The van der Waals surface area contributed by atoms with Crippen LogP contribution in [0.15, 0.2) is 23.3 Å². The molecular formula is C12H24ClN. The molecule has 0 amide bonds. The Labute approximate surface area is 94.0 Å². The van der Waals surface area contributed by atoms with Gasteiger partial charge >= 0.3 is 0 Å². The molecule has 2 N–H and O–H groups in total. The second-order valence-corrected chi connectivity index (χ2v) is 2.96. The van der Waals surface area contributed by atoms with Crippen LogP contribution in [0.1, 0.15) is 40.5 Å². The molecule has 0 saturated carbocycles. The summed E-state index contributed by atoms with van der Waals surface area (Å²) >= 11 is 5.73. The van der Waals surface area contributed by atoms with E-state index in [-0.39, 0.29) is 0 Å². The van der Waals surface area contributed by atoms with Gasteiger partial charge in [-0.3, -0.25) is 0 Å². The van der Waals surface area contributed by atoms with E-state index in [1.54, 1.807) is 0 Å². The SMILES string of the molecule is CC.CC.NCCC1C=CC(Cl)=CC1. The summed E-state index contributed by atoms with van der Waals surface area (Å²) in [5.41, 5.74) is 5.41. The van der Waals surface area contributed by atoms with Gasteiger partial charge in [-0.2, -0.15) is 0 Å². The molecule has 1 aliphatic rings. The van der Waals surface area contributed by atoms with Crippen LogP contribution in [0.3, 0.4) is 0 Å². The van der Waals surface area contributed by atoms with Gasteiger partial charge in [-0.05, 0) is 31.4 Å². The molecular weight excluding hydrogens is 194 g/mol. The van der Waals surface area contributed by atoms with E-state index >= 15 is 0 Å². The normalized spacial score (nSPS) is 18.4. The summed E-state index contributed by atoms with van der Waals surface area (Å²) in [5, 5.41) is 0.855. The third-order valence-electron chi connectivity index (χ3n) is 1.68. The molecule has 0 bridgehead atoms. The minimum atomic E-state index is 0.618. The molecule has 1 unspecified atom stereocenters. The minimum absolute atomic E-state index is 0.618. The smallest absolute Gasteiger partial charge is 0.0363 e. The molecule has 0 aromatic heterocycles. The Balaban J connectivity index is 0. The van der Waals surface area contributed by atoms with Crippen LogP contribution < -0.4 is 5.73 Å². The third kappa shape index (κ3) is 8.33. The molecule has 2 heteroatoms. The summed E-state index contributed by atoms with van der Waals surface area (Å²) in [6, 6.07) is 0. The topological polar surface area (TPSA) is 26.0 Å². The van der Waals surface area contributed by atoms with Gasteiger partial charge in [-0.1, -0.05) is 51.4 Å². The van der Waals surface area contributed by atoms with Crippen molar-refractivity contribution in [3.05, 3.63) is 23.3 Å². The fourth-order valence-corrected chi connectivity index (χ4v) is 1.23. The zero-order chi connectivity index (χ0) is 11.4. The fourth-order valence-electron chi connectivity index (χ4n) is 1.07. The van der Waals surface area contributed by atoms with Crippen LogP contribution in [0.5, 0.6) is 0 Å². The molecule has 1 nitrogen and oxygen atoms in total. The second-order valence-electron chi connectivity index (χ2n) is 2.52. The van der Waals surface area contributed by atoms with Crippen LogP contribution in [0.2, 0.25) is 0 Å². The first-order valence-corrected chi connectivity index (χ1v) is 5.94. The van der Waals surface area contributed by atoms with Crippen LogP contribution in [0.4, 0.5) is 0 Å². The van der Waals surface area contributed by atoms with Gasteiger partial charge in [0, 0.05) is 5.03 Å². The molecule has 0 radical (unpaired) electrons. The van der Waals surface area contributed by atoms with Gasteiger partial charge in [0.25, 0.3) is 0 Å². The highest BCUT2D eigenvalue weighted by atomic mass is 35.5. The maximum Gasteiger partial charge on any atom is 0.0363 e. The summed E-state index contributed by atoms with van der Waals surface area (Å²) in [7, 11) is 0. The number of halogens is 1. The average Bonchev–Trinajstić information content (AvgIpc) is 2.28. The van der Waals surface area contributed by atoms with E-state index in [0.717, 1.165) is 24.4 Å². The Bertz CT molecular complexity index is 162. The monoisotopic (exact) mass is 217 g/mol. The van der Waals surface area contributed by atoms with Gasteiger partial charge in [0.05, 0.1) is 0 Å². The molecule has 0 saturated heterocycles. The molecule has 1 aliphatic carbocycles. The lowest BCUT2D eigenvalue weighted by atomic mass is 9.97. The van der Waals surface area contributed by atoms with Crippen molar-refractivity contribution < 1.29 is 0 Å². The highest BCUT2D eigenvalue weighted by Crippen LogP contribution is 2.20. The Morgan fingerprint density at radius 3 is 2.29 bits per heavy atom. The molecule has 1 atom stereocenters. The number of hydrogen-bond acceptors (Lipinski definition) is 1. The van der Waals surface area contributed by atoms with E-state index < -0.39 is 0 Å². The van der Waals surface area contributed by atoms with Gasteiger partial charge in [0.2, 0.25) is 0 Å². The van der Waals surface area contributed by atoms with E-state index in [0.29, 0.717) is 5.92 Å². The lowest BCUT2D eigenvalue weighted by Crippen LogP contribution is -2.07. The van der Waals surface area contributed by atoms with E-state index in [1.165, 1.54) is 0 Å². The zero-order valence-electron chi connectivity index (χ0n) is 9.89. The zero-order valence-corrected chi connectivity index (χ0v) is 10.6. The van der Waals surface area contributed by atoms with Gasteiger partial charge < -0.3 is 5.73 Å². The largest absolute Gasteiger partial charge is 0.330 e. The van der Waals surface area contributed by atoms with E-state index in [4.69, 9.17) is 17.3 Å². The highest BCUT2D eigenvalue weighted by molar-refractivity contribution is 6.31. The van der Waals surface area contributed by atoms with Gasteiger partial charge in [0.1, 0.15) is 0 Å². The number of allylic oxidation sites excluding steroid dienone is 4. The van der Waals surface area contributed by atoms with Crippen molar-refractivity contribution in [1.29, 1.82) is 0 Å². The Hall–Kier alpha value is -0.270. The van der Waals surface area contributed by atoms with Crippen molar-refractivity contribution >= 4 is 11.6 Å². The summed E-state index contributed by atoms with van der Waals surface area (Å²) < 4.78 is 0. The first-order valence-electron chi connectivity index (χ1n) is 5.57. The minimum Gasteiger partial charge on any atom is -0.330 e. The number of rotatable bonds is 2. The van der Waals surface area contributed by atoms with Crippen molar-refractivity contribution in [3.63, 3.8) is 0 Å². The van der Waals surface area contributed by atoms with E-state index in [2.05, 4.69) is 6.08 Å². The van der Waals surface area contributed by atoms with Crippen LogP contribution in [-0.2, 0) is 0 Å². The molecule has 0 heterocycles.